The first-order valence-electron chi connectivity index (χ1n) is 5.20. The van der Waals surface area contributed by atoms with Gasteiger partial charge in [-0.25, -0.2) is 0 Å². The van der Waals surface area contributed by atoms with E-state index in [0.717, 1.165) is 25.7 Å². The molecule has 0 aliphatic carbocycles. The lowest BCUT2D eigenvalue weighted by Crippen LogP contribution is -2.33. The van der Waals surface area contributed by atoms with E-state index >= 15 is 0 Å². The third kappa shape index (κ3) is 6.50. The summed E-state index contributed by atoms with van der Waals surface area (Å²) in [4.78, 5) is 11.3. The van der Waals surface area contributed by atoms with E-state index in [1.807, 2.05) is 6.92 Å². The van der Waals surface area contributed by atoms with Crippen molar-refractivity contribution in [3.63, 3.8) is 0 Å². The van der Waals surface area contributed by atoms with Crippen LogP contribution < -0.4 is 11.1 Å². The molecule has 0 aromatic rings. The van der Waals surface area contributed by atoms with E-state index in [-0.39, 0.29) is 11.9 Å². The van der Waals surface area contributed by atoms with Crippen LogP contribution in [0.3, 0.4) is 0 Å². The minimum atomic E-state index is -0.106. The van der Waals surface area contributed by atoms with E-state index in [2.05, 4.69) is 11.2 Å². The highest BCUT2D eigenvalue weighted by molar-refractivity contribution is 5.76. The summed E-state index contributed by atoms with van der Waals surface area (Å²) in [5.41, 5.74) is 5.33. The first-order valence-corrected chi connectivity index (χ1v) is 5.20. The first kappa shape index (κ1) is 13.0. The van der Waals surface area contributed by atoms with Crippen molar-refractivity contribution < 1.29 is 4.79 Å². The summed E-state index contributed by atoms with van der Waals surface area (Å²) < 4.78 is 0. The van der Waals surface area contributed by atoms with Gasteiger partial charge < -0.3 is 11.1 Å². The summed E-state index contributed by atoms with van der Waals surface area (Å²) in [7, 11) is 0. The molecule has 3 N–H and O–H groups in total. The van der Waals surface area contributed by atoms with Crippen molar-refractivity contribution in [1.82, 2.24) is 5.32 Å². The van der Waals surface area contributed by atoms with Crippen LogP contribution in [-0.2, 0) is 4.79 Å². The van der Waals surface area contributed by atoms with Gasteiger partial charge in [0, 0.05) is 6.42 Å². The first-order chi connectivity index (χ1) is 6.74. The Morgan fingerprint density at radius 3 is 2.79 bits per heavy atom. The zero-order chi connectivity index (χ0) is 10.8. The van der Waals surface area contributed by atoms with E-state index in [1.165, 1.54) is 0 Å². The molecular formula is C11H20N2O. The molecule has 3 nitrogen and oxygen atoms in total. The minimum Gasteiger partial charge on any atom is -0.342 e. The Labute approximate surface area is 86.4 Å². The molecule has 0 aromatic heterocycles. The zero-order valence-electron chi connectivity index (χ0n) is 8.88. The van der Waals surface area contributed by atoms with Crippen molar-refractivity contribution >= 4 is 5.91 Å². The number of unbranched alkanes of at least 4 members (excludes halogenated alkanes) is 1. The third-order valence-electron chi connectivity index (χ3n) is 1.97. The Balaban J connectivity index is 3.63. The van der Waals surface area contributed by atoms with E-state index in [0.29, 0.717) is 13.0 Å². The quantitative estimate of drug-likeness (QED) is 0.472. The number of hydrogen-bond acceptors (Lipinski definition) is 2. The molecule has 14 heavy (non-hydrogen) atoms. The van der Waals surface area contributed by atoms with Gasteiger partial charge in [-0.2, -0.15) is 0 Å². The average molecular weight is 196 g/mol. The monoisotopic (exact) mass is 196 g/mol. The van der Waals surface area contributed by atoms with Crippen LogP contribution in [0.4, 0.5) is 0 Å². The van der Waals surface area contributed by atoms with Crippen LogP contribution in [0.1, 0.15) is 39.0 Å². The van der Waals surface area contributed by atoms with Gasteiger partial charge in [0.2, 0.25) is 5.91 Å². The second-order valence-corrected chi connectivity index (χ2v) is 3.32. The Morgan fingerprint density at radius 1 is 1.57 bits per heavy atom. The Kier molecular flexibility index (Phi) is 7.96. The summed E-state index contributed by atoms with van der Waals surface area (Å²) in [6.45, 7) is 2.69. The zero-order valence-corrected chi connectivity index (χ0v) is 8.88. The Morgan fingerprint density at radius 2 is 2.29 bits per heavy atom. The molecule has 0 radical (unpaired) electrons. The molecule has 1 amide bonds. The van der Waals surface area contributed by atoms with Crippen LogP contribution in [0.5, 0.6) is 0 Å². The van der Waals surface area contributed by atoms with Crippen molar-refractivity contribution in [3.8, 4) is 12.3 Å². The second kappa shape index (κ2) is 8.58. The summed E-state index contributed by atoms with van der Waals surface area (Å²) in [6.07, 6.45) is 9.36. The summed E-state index contributed by atoms with van der Waals surface area (Å²) >= 11 is 0. The lowest BCUT2D eigenvalue weighted by atomic mass is 10.1. The molecule has 0 aliphatic heterocycles. The molecule has 0 saturated heterocycles. The van der Waals surface area contributed by atoms with Gasteiger partial charge in [0.15, 0.2) is 0 Å². The average Bonchev–Trinajstić information content (AvgIpc) is 2.17. The molecule has 0 heterocycles. The molecule has 3 heteroatoms. The molecule has 0 fully saturated rings. The number of hydrogen-bond donors (Lipinski definition) is 2. The second-order valence-electron chi connectivity index (χ2n) is 3.32. The number of nitrogens with two attached hydrogens (primary N) is 1. The van der Waals surface area contributed by atoms with Crippen LogP contribution in [0, 0.1) is 12.3 Å². The highest BCUT2D eigenvalue weighted by atomic mass is 16.1. The molecule has 0 bridgehead atoms. The van der Waals surface area contributed by atoms with Crippen LogP contribution in [0.15, 0.2) is 0 Å². The van der Waals surface area contributed by atoms with Gasteiger partial charge in [0.05, 0.1) is 6.04 Å². The molecular weight excluding hydrogens is 176 g/mol. The summed E-state index contributed by atoms with van der Waals surface area (Å²) in [6, 6.07) is -0.106. The van der Waals surface area contributed by atoms with Crippen molar-refractivity contribution in [2.75, 3.05) is 6.54 Å². The van der Waals surface area contributed by atoms with Crippen molar-refractivity contribution in [2.45, 2.75) is 45.1 Å². The van der Waals surface area contributed by atoms with E-state index < -0.39 is 0 Å². The lowest BCUT2D eigenvalue weighted by molar-refractivity contribution is -0.121. The van der Waals surface area contributed by atoms with Crippen molar-refractivity contribution in [2.24, 2.45) is 5.73 Å². The fourth-order valence-corrected chi connectivity index (χ4v) is 1.18. The summed E-state index contributed by atoms with van der Waals surface area (Å²) in [5.74, 6) is 2.60. The van der Waals surface area contributed by atoms with Crippen LogP contribution >= 0.6 is 0 Å². The van der Waals surface area contributed by atoms with Crippen molar-refractivity contribution in [3.05, 3.63) is 0 Å². The van der Waals surface area contributed by atoms with E-state index in [4.69, 9.17) is 12.2 Å². The van der Waals surface area contributed by atoms with Gasteiger partial charge in [-0.15, -0.1) is 6.42 Å². The van der Waals surface area contributed by atoms with Gasteiger partial charge in [0.25, 0.3) is 0 Å². The predicted molar refractivity (Wildman–Crippen MR) is 58.6 cm³/mol. The van der Waals surface area contributed by atoms with Crippen LogP contribution in [0.2, 0.25) is 0 Å². The van der Waals surface area contributed by atoms with Crippen LogP contribution in [0.25, 0.3) is 0 Å². The fraction of sp³-hybridized carbons (Fsp3) is 0.727. The maximum absolute atomic E-state index is 11.3. The van der Waals surface area contributed by atoms with Gasteiger partial charge in [-0.05, 0) is 25.8 Å². The van der Waals surface area contributed by atoms with E-state index in [1.54, 1.807) is 0 Å². The normalized spacial score (nSPS) is 11.8. The van der Waals surface area contributed by atoms with Crippen LogP contribution in [-0.4, -0.2) is 18.5 Å². The highest BCUT2D eigenvalue weighted by Crippen LogP contribution is 1.98. The topological polar surface area (TPSA) is 55.1 Å². The maximum atomic E-state index is 11.3. The molecule has 1 unspecified atom stereocenters. The molecule has 0 aromatic carbocycles. The van der Waals surface area contributed by atoms with E-state index in [9.17, 15) is 4.79 Å². The predicted octanol–water partition coefficient (Wildman–Crippen LogP) is 1.03. The minimum absolute atomic E-state index is 0.0369. The summed E-state index contributed by atoms with van der Waals surface area (Å²) in [5, 5.41) is 2.81. The molecule has 0 saturated carbocycles. The van der Waals surface area contributed by atoms with Crippen molar-refractivity contribution in [1.29, 1.82) is 0 Å². The highest BCUT2D eigenvalue weighted by Gasteiger charge is 2.07. The molecule has 0 aliphatic rings. The SMILES string of the molecule is C#CC(CCC)NC(=O)CCCCN. The lowest BCUT2D eigenvalue weighted by Gasteiger charge is -2.11. The van der Waals surface area contributed by atoms with Gasteiger partial charge in [-0.3, -0.25) is 4.79 Å². The number of amides is 1. The number of carbonyl (C=O) groups excluding carboxylic acids is 1. The largest absolute Gasteiger partial charge is 0.342 e. The van der Waals surface area contributed by atoms with Gasteiger partial charge >= 0.3 is 0 Å². The Bertz CT molecular complexity index is 196. The van der Waals surface area contributed by atoms with Gasteiger partial charge in [-0.1, -0.05) is 19.3 Å². The maximum Gasteiger partial charge on any atom is 0.220 e. The number of rotatable bonds is 7. The third-order valence-corrected chi connectivity index (χ3v) is 1.97. The number of terminal acetylenes is 1. The number of nitrogens with one attached hydrogen (secondary N) is 1. The molecule has 0 rings (SSSR count). The fourth-order valence-electron chi connectivity index (χ4n) is 1.18. The van der Waals surface area contributed by atoms with Gasteiger partial charge in [0.1, 0.15) is 0 Å². The molecule has 0 spiro atoms. The smallest absolute Gasteiger partial charge is 0.220 e. The number of carbonyl (C=O) groups is 1. The molecule has 80 valence electrons. The standard InChI is InChI=1S/C11H20N2O/c1-3-7-10(4-2)13-11(14)8-5-6-9-12/h2,10H,3,5-9,12H2,1H3,(H,13,14). The molecule has 1 atom stereocenters. The Hall–Kier alpha value is -1.01.